The molecule has 1 saturated heterocycles. The minimum absolute atomic E-state index is 0.0135. The van der Waals surface area contributed by atoms with E-state index in [1.807, 2.05) is 13.8 Å². The Balaban J connectivity index is 2.32. The molecule has 1 aromatic carbocycles. The lowest BCUT2D eigenvalue weighted by Gasteiger charge is -2.43. The summed E-state index contributed by atoms with van der Waals surface area (Å²) < 4.78 is 83.4. The van der Waals surface area contributed by atoms with E-state index in [-0.39, 0.29) is 31.9 Å². The molecular formula is C22H29F6NO3. The molecule has 0 aromatic heterocycles. The van der Waals surface area contributed by atoms with Crippen LogP contribution in [0, 0.1) is 5.92 Å². The Kier molecular flexibility index (Phi) is 8.98. The zero-order valence-electron chi connectivity index (χ0n) is 18.0. The summed E-state index contributed by atoms with van der Waals surface area (Å²) >= 11 is 0. The van der Waals surface area contributed by atoms with Gasteiger partial charge in [-0.05, 0) is 43.0 Å². The van der Waals surface area contributed by atoms with E-state index >= 15 is 0 Å². The van der Waals surface area contributed by atoms with Crippen molar-refractivity contribution in [3.05, 3.63) is 35.4 Å². The minimum Gasteiger partial charge on any atom is -0.481 e. The number of halogens is 6. The van der Waals surface area contributed by atoms with Gasteiger partial charge in [0, 0.05) is 18.5 Å². The molecule has 0 unspecified atom stereocenters. The number of alkyl halides is 6. The molecule has 0 amide bonds. The lowest BCUT2D eigenvalue weighted by Crippen LogP contribution is -2.49. The Labute approximate surface area is 183 Å². The molecule has 2 rings (SSSR count). The van der Waals surface area contributed by atoms with Crippen LogP contribution in [-0.4, -0.2) is 54.0 Å². The van der Waals surface area contributed by atoms with E-state index < -0.39 is 48.4 Å². The predicted octanol–water partition coefficient (Wildman–Crippen LogP) is 5.72. The van der Waals surface area contributed by atoms with E-state index in [4.69, 9.17) is 9.84 Å². The van der Waals surface area contributed by atoms with Gasteiger partial charge in [-0.15, -0.1) is 0 Å². The molecule has 32 heavy (non-hydrogen) atoms. The molecule has 1 heterocycles. The third-order valence-corrected chi connectivity index (χ3v) is 5.70. The SMILES string of the molecule is CC(C)CCN(CCC(F)(F)F)[C@@H]1CO[C@@H](CC(=O)O)C[C@H]1c1ccc(C(F)(F)F)cc1. The Morgan fingerprint density at radius 2 is 1.75 bits per heavy atom. The van der Waals surface area contributed by atoms with Crippen molar-refractivity contribution in [1.29, 1.82) is 0 Å². The first-order valence-corrected chi connectivity index (χ1v) is 10.6. The van der Waals surface area contributed by atoms with Crippen LogP contribution in [0.3, 0.4) is 0 Å². The maximum atomic E-state index is 13.0. The number of benzene rings is 1. The maximum absolute atomic E-state index is 13.0. The van der Waals surface area contributed by atoms with Crippen molar-refractivity contribution in [2.24, 2.45) is 5.92 Å². The van der Waals surface area contributed by atoms with Gasteiger partial charge in [0.15, 0.2) is 0 Å². The molecule has 1 aromatic rings. The topological polar surface area (TPSA) is 49.8 Å². The fourth-order valence-corrected chi connectivity index (χ4v) is 3.97. The zero-order valence-corrected chi connectivity index (χ0v) is 18.0. The summed E-state index contributed by atoms with van der Waals surface area (Å²) in [6.07, 6.45) is -9.96. The third-order valence-electron chi connectivity index (χ3n) is 5.70. The van der Waals surface area contributed by atoms with E-state index in [0.717, 1.165) is 12.1 Å². The van der Waals surface area contributed by atoms with Crippen LogP contribution in [0.15, 0.2) is 24.3 Å². The molecule has 1 aliphatic heterocycles. The second-order valence-corrected chi connectivity index (χ2v) is 8.67. The van der Waals surface area contributed by atoms with Crippen LogP contribution < -0.4 is 0 Å². The van der Waals surface area contributed by atoms with Crippen LogP contribution in [0.5, 0.6) is 0 Å². The van der Waals surface area contributed by atoms with Crippen molar-refractivity contribution in [3.8, 4) is 0 Å². The molecule has 1 aliphatic rings. The molecule has 0 bridgehead atoms. The highest BCUT2D eigenvalue weighted by Crippen LogP contribution is 2.37. The van der Waals surface area contributed by atoms with Crippen molar-refractivity contribution in [1.82, 2.24) is 4.90 Å². The number of ether oxygens (including phenoxy) is 1. The first kappa shape index (κ1) is 26.4. The largest absolute Gasteiger partial charge is 0.481 e. The average molecular weight is 469 g/mol. The molecule has 0 radical (unpaired) electrons. The van der Waals surface area contributed by atoms with Gasteiger partial charge in [0.25, 0.3) is 0 Å². The molecule has 1 fully saturated rings. The first-order valence-electron chi connectivity index (χ1n) is 10.6. The van der Waals surface area contributed by atoms with Gasteiger partial charge in [-0.25, -0.2) is 0 Å². The summed E-state index contributed by atoms with van der Waals surface area (Å²) in [5.74, 6) is -1.28. The van der Waals surface area contributed by atoms with Crippen LogP contribution in [0.25, 0.3) is 0 Å². The fraction of sp³-hybridized carbons (Fsp3) is 0.682. The van der Waals surface area contributed by atoms with Crippen molar-refractivity contribution in [2.75, 3.05) is 19.7 Å². The van der Waals surface area contributed by atoms with E-state index in [2.05, 4.69) is 0 Å². The number of rotatable bonds is 9. The van der Waals surface area contributed by atoms with Gasteiger partial charge in [0.1, 0.15) is 0 Å². The lowest BCUT2D eigenvalue weighted by atomic mass is 9.82. The van der Waals surface area contributed by atoms with Crippen molar-refractivity contribution < 1.29 is 41.0 Å². The molecule has 0 saturated carbocycles. The number of hydrogen-bond donors (Lipinski definition) is 1. The molecule has 0 spiro atoms. The highest BCUT2D eigenvalue weighted by Gasteiger charge is 2.39. The number of hydrogen-bond acceptors (Lipinski definition) is 3. The minimum atomic E-state index is -4.50. The van der Waals surface area contributed by atoms with Crippen molar-refractivity contribution in [2.45, 2.75) is 69.9 Å². The second-order valence-electron chi connectivity index (χ2n) is 8.67. The van der Waals surface area contributed by atoms with E-state index in [1.54, 1.807) is 4.90 Å². The maximum Gasteiger partial charge on any atom is 0.416 e. The summed E-state index contributed by atoms with van der Waals surface area (Å²) in [7, 11) is 0. The predicted molar refractivity (Wildman–Crippen MR) is 106 cm³/mol. The summed E-state index contributed by atoms with van der Waals surface area (Å²) in [4.78, 5) is 12.8. The van der Waals surface area contributed by atoms with Gasteiger partial charge in [0.2, 0.25) is 0 Å². The van der Waals surface area contributed by atoms with Gasteiger partial charge < -0.3 is 9.84 Å². The van der Waals surface area contributed by atoms with Crippen LogP contribution in [0.1, 0.15) is 56.6 Å². The molecule has 0 aliphatic carbocycles. The lowest BCUT2D eigenvalue weighted by molar-refractivity contribution is -0.147. The summed E-state index contributed by atoms with van der Waals surface area (Å²) in [5, 5.41) is 9.10. The monoisotopic (exact) mass is 469 g/mol. The highest BCUT2D eigenvalue weighted by atomic mass is 19.4. The number of carbonyl (C=O) groups is 1. The summed E-state index contributed by atoms with van der Waals surface area (Å²) in [6.45, 7) is 4.04. The molecule has 10 heteroatoms. The Morgan fingerprint density at radius 1 is 1.12 bits per heavy atom. The fourth-order valence-electron chi connectivity index (χ4n) is 3.97. The van der Waals surface area contributed by atoms with E-state index in [9.17, 15) is 31.1 Å². The summed E-state index contributed by atoms with van der Waals surface area (Å²) in [6, 6.07) is 4.05. The number of carboxylic acid groups (broad SMARTS) is 1. The highest BCUT2D eigenvalue weighted by molar-refractivity contribution is 5.67. The molecule has 4 nitrogen and oxygen atoms in total. The van der Waals surface area contributed by atoms with Gasteiger partial charge in [-0.1, -0.05) is 26.0 Å². The second kappa shape index (κ2) is 10.9. The van der Waals surface area contributed by atoms with Crippen LogP contribution >= 0.6 is 0 Å². The summed E-state index contributed by atoms with van der Waals surface area (Å²) in [5.41, 5.74) is -0.288. The molecule has 1 N–H and O–H groups in total. The quantitative estimate of drug-likeness (QED) is 0.470. The number of nitrogens with zero attached hydrogens (tertiary/aromatic N) is 1. The van der Waals surface area contributed by atoms with Crippen LogP contribution in [0.2, 0.25) is 0 Å². The first-order chi connectivity index (χ1) is 14.8. The standard InChI is InChI=1S/C22H29F6NO3/c1-14(2)7-9-29(10-8-21(23,24)25)19-13-32-17(12-20(30)31)11-18(19)15-3-5-16(6-4-15)22(26,27)28/h3-6,14,17-19H,7-13H2,1-2H3,(H,30,31)/t17-,18+,19-/m1/s1. The number of aliphatic carboxylic acids is 1. The van der Waals surface area contributed by atoms with Crippen LogP contribution in [0.4, 0.5) is 26.3 Å². The molecule has 182 valence electrons. The van der Waals surface area contributed by atoms with Gasteiger partial charge in [0.05, 0.1) is 31.1 Å². The van der Waals surface area contributed by atoms with Crippen LogP contribution in [-0.2, 0) is 15.7 Å². The normalized spacial score (nSPS) is 22.5. The van der Waals surface area contributed by atoms with Crippen molar-refractivity contribution in [3.63, 3.8) is 0 Å². The third kappa shape index (κ3) is 8.27. The zero-order chi connectivity index (χ0) is 24.1. The van der Waals surface area contributed by atoms with E-state index in [0.29, 0.717) is 18.5 Å². The molecule has 3 atom stereocenters. The Bertz CT molecular complexity index is 733. The van der Waals surface area contributed by atoms with E-state index in [1.165, 1.54) is 12.1 Å². The average Bonchev–Trinajstić information content (AvgIpc) is 2.66. The van der Waals surface area contributed by atoms with Crippen molar-refractivity contribution >= 4 is 5.97 Å². The van der Waals surface area contributed by atoms with Gasteiger partial charge in [-0.3, -0.25) is 9.69 Å². The van der Waals surface area contributed by atoms with Gasteiger partial charge in [-0.2, -0.15) is 26.3 Å². The Morgan fingerprint density at radius 3 is 2.25 bits per heavy atom. The smallest absolute Gasteiger partial charge is 0.416 e. The Hall–Kier alpha value is -1.81. The number of carboxylic acids is 1. The molecular weight excluding hydrogens is 440 g/mol. The van der Waals surface area contributed by atoms with Gasteiger partial charge >= 0.3 is 18.3 Å².